The van der Waals surface area contributed by atoms with E-state index in [1.54, 1.807) is 0 Å². The number of anilines is 1. The maximum absolute atomic E-state index is 12.0. The van der Waals surface area contributed by atoms with Crippen LogP contribution >= 0.6 is 0 Å². The molecule has 1 aromatic carbocycles. The maximum Gasteiger partial charge on any atom is 0.224 e. The van der Waals surface area contributed by atoms with Gasteiger partial charge in [-0.15, -0.1) is 0 Å². The lowest BCUT2D eigenvalue weighted by Gasteiger charge is -2.22. The van der Waals surface area contributed by atoms with Gasteiger partial charge in [-0.1, -0.05) is 12.1 Å². The molecule has 0 atom stereocenters. The Morgan fingerprint density at radius 2 is 1.95 bits per heavy atom. The van der Waals surface area contributed by atoms with Crippen LogP contribution < -0.4 is 10.6 Å². The molecule has 1 aliphatic heterocycles. The number of amides is 1. The van der Waals surface area contributed by atoms with Crippen molar-refractivity contribution >= 4 is 11.6 Å². The van der Waals surface area contributed by atoms with Crippen molar-refractivity contribution < 1.29 is 4.79 Å². The molecule has 0 aliphatic carbocycles. The van der Waals surface area contributed by atoms with E-state index in [0.29, 0.717) is 12.3 Å². The molecule has 1 aromatic rings. The van der Waals surface area contributed by atoms with Crippen molar-refractivity contribution in [2.75, 3.05) is 18.4 Å². The van der Waals surface area contributed by atoms with Crippen LogP contribution in [0.25, 0.3) is 0 Å². The fraction of sp³-hybridized carbons (Fsp3) is 0.529. The fourth-order valence-electron chi connectivity index (χ4n) is 2.59. The minimum Gasteiger partial charge on any atom is -0.326 e. The van der Waals surface area contributed by atoms with E-state index in [2.05, 4.69) is 16.7 Å². The van der Waals surface area contributed by atoms with Gasteiger partial charge in [-0.3, -0.25) is 4.79 Å². The van der Waals surface area contributed by atoms with Crippen LogP contribution in [0.5, 0.6) is 0 Å². The number of piperidine rings is 1. The molecular weight excluding hydrogens is 262 g/mol. The number of rotatable bonds is 4. The SMILES string of the molecule is CC(C)(C#N)c1ccc(NC(=O)CC2CCNCC2)cc1. The van der Waals surface area contributed by atoms with Crippen molar-refractivity contribution in [3.63, 3.8) is 0 Å². The average Bonchev–Trinajstić information content (AvgIpc) is 2.48. The highest BCUT2D eigenvalue weighted by atomic mass is 16.1. The molecule has 0 saturated carbocycles. The topological polar surface area (TPSA) is 64.9 Å². The van der Waals surface area contributed by atoms with Crippen molar-refractivity contribution in [1.82, 2.24) is 5.32 Å². The van der Waals surface area contributed by atoms with Crippen molar-refractivity contribution in [3.05, 3.63) is 29.8 Å². The first kappa shape index (κ1) is 15.5. The number of carbonyl (C=O) groups is 1. The summed E-state index contributed by atoms with van der Waals surface area (Å²) < 4.78 is 0. The molecule has 0 bridgehead atoms. The molecule has 2 rings (SSSR count). The third-order valence-electron chi connectivity index (χ3n) is 4.10. The van der Waals surface area contributed by atoms with E-state index in [4.69, 9.17) is 5.26 Å². The first-order valence-corrected chi connectivity index (χ1v) is 7.53. The summed E-state index contributed by atoms with van der Waals surface area (Å²) in [5.41, 5.74) is 1.25. The van der Waals surface area contributed by atoms with Crippen molar-refractivity contribution in [3.8, 4) is 6.07 Å². The highest BCUT2D eigenvalue weighted by Gasteiger charge is 2.20. The predicted octanol–water partition coefficient (Wildman–Crippen LogP) is 2.82. The Kier molecular flexibility index (Phi) is 4.98. The maximum atomic E-state index is 12.0. The van der Waals surface area contributed by atoms with Gasteiger partial charge in [0, 0.05) is 12.1 Å². The molecule has 1 fully saturated rings. The van der Waals surface area contributed by atoms with Crippen LogP contribution in [0.3, 0.4) is 0 Å². The van der Waals surface area contributed by atoms with Gasteiger partial charge in [0.25, 0.3) is 0 Å². The van der Waals surface area contributed by atoms with E-state index >= 15 is 0 Å². The summed E-state index contributed by atoms with van der Waals surface area (Å²) in [5.74, 6) is 0.567. The van der Waals surface area contributed by atoms with Gasteiger partial charge in [0.05, 0.1) is 11.5 Å². The van der Waals surface area contributed by atoms with Crippen molar-refractivity contribution in [2.24, 2.45) is 5.92 Å². The number of benzene rings is 1. The molecule has 1 aliphatic rings. The Balaban J connectivity index is 1.91. The Morgan fingerprint density at radius 3 is 2.52 bits per heavy atom. The average molecular weight is 285 g/mol. The molecule has 0 unspecified atom stereocenters. The van der Waals surface area contributed by atoms with Crippen LogP contribution in [0.4, 0.5) is 5.69 Å². The van der Waals surface area contributed by atoms with Gasteiger partial charge in [-0.25, -0.2) is 0 Å². The Labute approximate surface area is 126 Å². The zero-order valence-corrected chi connectivity index (χ0v) is 12.8. The molecule has 2 N–H and O–H groups in total. The minimum atomic E-state index is -0.502. The van der Waals surface area contributed by atoms with Gasteiger partial charge in [0.15, 0.2) is 0 Å². The second-order valence-corrected chi connectivity index (χ2v) is 6.26. The van der Waals surface area contributed by atoms with E-state index in [1.807, 2.05) is 38.1 Å². The summed E-state index contributed by atoms with van der Waals surface area (Å²) in [6.07, 6.45) is 2.73. The molecule has 0 radical (unpaired) electrons. The Bertz CT molecular complexity index is 522. The standard InChI is InChI=1S/C17H23N3O/c1-17(2,12-18)14-3-5-15(6-4-14)20-16(21)11-13-7-9-19-10-8-13/h3-6,13,19H,7-11H2,1-2H3,(H,20,21). The van der Waals surface area contributed by atoms with Gasteiger partial charge >= 0.3 is 0 Å². The third-order valence-corrected chi connectivity index (χ3v) is 4.10. The number of hydrogen-bond acceptors (Lipinski definition) is 3. The molecular formula is C17H23N3O. The van der Waals surface area contributed by atoms with E-state index in [1.165, 1.54) is 0 Å². The minimum absolute atomic E-state index is 0.0780. The van der Waals surface area contributed by atoms with Crippen LogP contribution in [0.1, 0.15) is 38.7 Å². The van der Waals surface area contributed by atoms with Crippen LogP contribution in [-0.2, 0) is 10.2 Å². The zero-order valence-electron chi connectivity index (χ0n) is 12.8. The van der Waals surface area contributed by atoms with Crippen LogP contribution in [0, 0.1) is 17.2 Å². The number of hydrogen-bond donors (Lipinski definition) is 2. The first-order valence-electron chi connectivity index (χ1n) is 7.53. The molecule has 0 spiro atoms. The predicted molar refractivity (Wildman–Crippen MR) is 83.9 cm³/mol. The lowest BCUT2D eigenvalue weighted by atomic mass is 9.86. The summed E-state index contributed by atoms with van der Waals surface area (Å²) in [6.45, 7) is 5.79. The van der Waals surface area contributed by atoms with Crippen LogP contribution in [0.15, 0.2) is 24.3 Å². The molecule has 0 aromatic heterocycles. The van der Waals surface area contributed by atoms with Crippen molar-refractivity contribution in [2.45, 2.75) is 38.5 Å². The molecule has 4 heteroatoms. The van der Waals surface area contributed by atoms with Gasteiger partial charge in [-0.2, -0.15) is 5.26 Å². The second kappa shape index (κ2) is 6.73. The van der Waals surface area contributed by atoms with E-state index in [9.17, 15) is 4.79 Å². The van der Waals surface area contributed by atoms with E-state index in [-0.39, 0.29) is 5.91 Å². The monoisotopic (exact) mass is 285 g/mol. The molecule has 1 heterocycles. The number of nitrogens with zero attached hydrogens (tertiary/aromatic N) is 1. The molecule has 112 valence electrons. The summed E-state index contributed by atoms with van der Waals surface area (Å²) in [7, 11) is 0. The smallest absolute Gasteiger partial charge is 0.224 e. The highest BCUT2D eigenvalue weighted by Crippen LogP contribution is 2.24. The summed E-state index contributed by atoms with van der Waals surface area (Å²) in [4.78, 5) is 12.0. The number of nitriles is 1. The van der Waals surface area contributed by atoms with Gasteiger partial charge < -0.3 is 10.6 Å². The van der Waals surface area contributed by atoms with Gasteiger partial charge in [0.1, 0.15) is 0 Å². The zero-order chi connectivity index (χ0) is 15.3. The molecule has 21 heavy (non-hydrogen) atoms. The Morgan fingerprint density at radius 1 is 1.33 bits per heavy atom. The molecule has 1 saturated heterocycles. The van der Waals surface area contributed by atoms with Crippen LogP contribution in [-0.4, -0.2) is 19.0 Å². The first-order chi connectivity index (χ1) is 10.0. The molecule has 1 amide bonds. The van der Waals surface area contributed by atoms with Gasteiger partial charge in [-0.05, 0) is 63.4 Å². The quantitative estimate of drug-likeness (QED) is 0.894. The lowest BCUT2D eigenvalue weighted by Crippen LogP contribution is -2.30. The number of nitrogens with one attached hydrogen (secondary N) is 2. The fourth-order valence-corrected chi connectivity index (χ4v) is 2.59. The summed E-state index contributed by atoms with van der Waals surface area (Å²) in [6, 6.07) is 9.83. The van der Waals surface area contributed by atoms with Crippen LogP contribution in [0.2, 0.25) is 0 Å². The lowest BCUT2D eigenvalue weighted by molar-refractivity contribution is -0.117. The number of carbonyl (C=O) groups excluding carboxylic acids is 1. The molecule has 4 nitrogen and oxygen atoms in total. The second-order valence-electron chi connectivity index (χ2n) is 6.26. The van der Waals surface area contributed by atoms with E-state index in [0.717, 1.165) is 37.2 Å². The van der Waals surface area contributed by atoms with Gasteiger partial charge in [0.2, 0.25) is 5.91 Å². The summed E-state index contributed by atoms with van der Waals surface area (Å²) in [5, 5.41) is 15.4. The summed E-state index contributed by atoms with van der Waals surface area (Å²) >= 11 is 0. The normalized spacial score (nSPS) is 16.2. The largest absolute Gasteiger partial charge is 0.326 e. The van der Waals surface area contributed by atoms with E-state index < -0.39 is 5.41 Å². The van der Waals surface area contributed by atoms with Crippen molar-refractivity contribution in [1.29, 1.82) is 5.26 Å². The third kappa shape index (κ3) is 4.30. The highest BCUT2D eigenvalue weighted by molar-refractivity contribution is 5.90. The Hall–Kier alpha value is -1.86.